The smallest absolute Gasteiger partial charge is 0.366 e. The van der Waals surface area contributed by atoms with Crippen molar-refractivity contribution in [3.05, 3.63) is 58.3 Å². The molecular formula is C21H21ClF3N5. The van der Waals surface area contributed by atoms with Crippen LogP contribution < -0.4 is 5.32 Å². The molecular weight excluding hydrogens is 415 g/mol. The molecule has 0 spiro atoms. The maximum Gasteiger partial charge on any atom is 0.434 e. The van der Waals surface area contributed by atoms with Gasteiger partial charge in [-0.05, 0) is 50.3 Å². The van der Waals surface area contributed by atoms with Gasteiger partial charge in [0.05, 0.1) is 5.69 Å². The number of aromatic nitrogens is 4. The molecule has 1 N–H and O–H groups in total. The Hall–Kier alpha value is -2.61. The van der Waals surface area contributed by atoms with E-state index >= 15 is 0 Å². The lowest BCUT2D eigenvalue weighted by atomic mass is 10.1. The van der Waals surface area contributed by atoms with E-state index in [1.165, 1.54) is 0 Å². The van der Waals surface area contributed by atoms with Crippen LogP contribution in [0.3, 0.4) is 0 Å². The topological polar surface area (TPSA) is 55.6 Å². The second-order valence-electron chi connectivity index (χ2n) is 7.62. The summed E-state index contributed by atoms with van der Waals surface area (Å²) in [6, 6.07) is 7.18. The third-order valence-electron chi connectivity index (χ3n) is 5.16. The predicted molar refractivity (Wildman–Crippen MR) is 109 cm³/mol. The lowest BCUT2D eigenvalue weighted by Crippen LogP contribution is -2.06. The maximum atomic E-state index is 13.1. The van der Waals surface area contributed by atoms with Crippen molar-refractivity contribution in [2.24, 2.45) is 0 Å². The van der Waals surface area contributed by atoms with Crippen molar-refractivity contribution >= 4 is 17.4 Å². The van der Waals surface area contributed by atoms with E-state index in [2.05, 4.69) is 20.3 Å². The molecule has 0 fully saturated rings. The van der Waals surface area contributed by atoms with Gasteiger partial charge >= 0.3 is 6.18 Å². The van der Waals surface area contributed by atoms with Gasteiger partial charge in [0.1, 0.15) is 11.6 Å². The Kier molecular flexibility index (Phi) is 5.44. The number of nitrogens with one attached hydrogen (secondary N) is 1. The minimum Gasteiger partial charge on any atom is -0.366 e. The first-order chi connectivity index (χ1) is 14.2. The third kappa shape index (κ3) is 4.14. The summed E-state index contributed by atoms with van der Waals surface area (Å²) in [6.07, 6.45) is -0.542. The minimum absolute atomic E-state index is 0.144. The number of hydrogen-bond donors (Lipinski definition) is 1. The first-order valence-corrected chi connectivity index (χ1v) is 10.1. The van der Waals surface area contributed by atoms with Crippen molar-refractivity contribution < 1.29 is 13.2 Å². The average molecular weight is 436 g/mol. The van der Waals surface area contributed by atoms with Gasteiger partial charge in [-0.25, -0.2) is 15.0 Å². The van der Waals surface area contributed by atoms with Crippen LogP contribution in [0.25, 0.3) is 11.4 Å². The van der Waals surface area contributed by atoms with Crippen molar-refractivity contribution in [1.29, 1.82) is 0 Å². The summed E-state index contributed by atoms with van der Waals surface area (Å²) >= 11 is 6.02. The Morgan fingerprint density at radius 3 is 2.50 bits per heavy atom. The largest absolute Gasteiger partial charge is 0.434 e. The molecule has 0 amide bonds. The van der Waals surface area contributed by atoms with Crippen molar-refractivity contribution in [1.82, 2.24) is 19.5 Å². The summed E-state index contributed by atoms with van der Waals surface area (Å²) < 4.78 is 40.9. The van der Waals surface area contributed by atoms with Crippen LogP contribution in [0, 0.1) is 0 Å². The van der Waals surface area contributed by atoms with Crippen LogP contribution in [-0.4, -0.2) is 19.5 Å². The SMILES string of the molecule is CC(C)n1cc(C(F)(F)F)nc1-c1ccc(CNc2nc(Cl)nc3c2CCC3)cc1. The Labute approximate surface area is 177 Å². The molecule has 0 saturated carbocycles. The highest BCUT2D eigenvalue weighted by Gasteiger charge is 2.35. The number of halogens is 4. The van der Waals surface area contributed by atoms with E-state index in [-0.39, 0.29) is 11.3 Å². The molecule has 0 bridgehead atoms. The van der Waals surface area contributed by atoms with Crippen LogP contribution in [0.4, 0.5) is 19.0 Å². The van der Waals surface area contributed by atoms with Gasteiger partial charge in [-0.15, -0.1) is 0 Å². The number of aryl methyl sites for hydroxylation is 1. The van der Waals surface area contributed by atoms with Gasteiger partial charge < -0.3 is 9.88 Å². The van der Waals surface area contributed by atoms with Crippen LogP contribution in [0.5, 0.6) is 0 Å². The fraction of sp³-hybridized carbons (Fsp3) is 0.381. The Balaban J connectivity index is 1.54. The molecule has 0 unspecified atom stereocenters. The van der Waals surface area contributed by atoms with Crippen molar-refractivity contribution in [3.8, 4) is 11.4 Å². The number of nitrogens with zero attached hydrogens (tertiary/aromatic N) is 4. The standard InChI is InChI=1S/C21H21ClF3N5/c1-12(2)30-11-17(21(23,24)25)28-19(30)14-8-6-13(7-9-14)10-26-18-15-4-3-5-16(15)27-20(22)29-18/h6-9,11-12H,3-5,10H2,1-2H3,(H,26,27,29). The number of rotatable bonds is 5. The van der Waals surface area contributed by atoms with Crippen LogP contribution in [0.2, 0.25) is 5.28 Å². The minimum atomic E-state index is -4.47. The van der Waals surface area contributed by atoms with E-state index in [4.69, 9.17) is 11.6 Å². The summed E-state index contributed by atoms with van der Waals surface area (Å²) in [5.74, 6) is 1.05. The molecule has 0 saturated heterocycles. The summed E-state index contributed by atoms with van der Waals surface area (Å²) in [5, 5.41) is 3.54. The number of hydrogen-bond acceptors (Lipinski definition) is 4. The first-order valence-electron chi connectivity index (χ1n) is 9.77. The highest BCUT2D eigenvalue weighted by atomic mass is 35.5. The summed E-state index contributed by atoms with van der Waals surface area (Å²) in [4.78, 5) is 12.4. The van der Waals surface area contributed by atoms with E-state index in [0.29, 0.717) is 17.9 Å². The zero-order valence-corrected chi connectivity index (χ0v) is 17.3. The number of alkyl halides is 3. The molecule has 30 heavy (non-hydrogen) atoms. The van der Waals surface area contributed by atoms with E-state index < -0.39 is 11.9 Å². The lowest BCUT2D eigenvalue weighted by molar-refractivity contribution is -0.140. The molecule has 4 rings (SSSR count). The zero-order chi connectivity index (χ0) is 21.5. The summed E-state index contributed by atoms with van der Waals surface area (Å²) in [6.45, 7) is 4.18. The van der Waals surface area contributed by atoms with Gasteiger partial charge in [-0.1, -0.05) is 24.3 Å². The summed E-state index contributed by atoms with van der Waals surface area (Å²) in [5.41, 5.74) is 2.82. The van der Waals surface area contributed by atoms with Gasteiger partial charge in [0, 0.05) is 29.9 Å². The predicted octanol–water partition coefficient (Wildman–Crippen LogP) is 5.69. The highest BCUT2D eigenvalue weighted by molar-refractivity contribution is 6.28. The quantitative estimate of drug-likeness (QED) is 0.523. The molecule has 1 aliphatic rings. The average Bonchev–Trinajstić information content (AvgIpc) is 3.33. The first kappa shape index (κ1) is 20.7. The second-order valence-corrected chi connectivity index (χ2v) is 7.96. The molecule has 1 aliphatic carbocycles. The van der Waals surface area contributed by atoms with Gasteiger partial charge in [-0.3, -0.25) is 0 Å². The van der Waals surface area contributed by atoms with Gasteiger partial charge in [-0.2, -0.15) is 13.2 Å². The Morgan fingerprint density at radius 1 is 1.10 bits per heavy atom. The molecule has 2 aromatic heterocycles. The molecule has 9 heteroatoms. The monoisotopic (exact) mass is 435 g/mol. The Bertz CT molecular complexity index is 1060. The second kappa shape index (κ2) is 7.91. The van der Waals surface area contributed by atoms with E-state index in [1.807, 2.05) is 26.0 Å². The zero-order valence-electron chi connectivity index (χ0n) is 16.6. The number of fused-ring (bicyclic) bond motifs is 1. The maximum absolute atomic E-state index is 13.1. The fourth-order valence-electron chi connectivity index (χ4n) is 3.64. The van der Waals surface area contributed by atoms with Crippen LogP contribution in [-0.2, 0) is 25.6 Å². The molecule has 3 aromatic rings. The third-order valence-corrected chi connectivity index (χ3v) is 5.33. The van der Waals surface area contributed by atoms with Gasteiger partial charge in [0.15, 0.2) is 5.69 Å². The van der Waals surface area contributed by atoms with Crippen molar-refractivity contribution in [2.75, 3.05) is 5.32 Å². The molecule has 5 nitrogen and oxygen atoms in total. The van der Waals surface area contributed by atoms with Gasteiger partial charge in [0.2, 0.25) is 5.28 Å². The molecule has 0 radical (unpaired) electrons. The number of anilines is 1. The van der Waals surface area contributed by atoms with Crippen LogP contribution in [0.15, 0.2) is 30.5 Å². The van der Waals surface area contributed by atoms with Crippen molar-refractivity contribution in [3.63, 3.8) is 0 Å². The van der Waals surface area contributed by atoms with Crippen LogP contribution in [0.1, 0.15) is 48.8 Å². The highest BCUT2D eigenvalue weighted by Crippen LogP contribution is 2.33. The molecule has 2 heterocycles. The molecule has 0 atom stereocenters. The number of benzene rings is 1. The normalized spacial score (nSPS) is 13.7. The van der Waals surface area contributed by atoms with E-state index in [9.17, 15) is 13.2 Å². The van der Waals surface area contributed by atoms with E-state index in [1.54, 1.807) is 16.7 Å². The molecule has 158 valence electrons. The fourth-order valence-corrected chi connectivity index (χ4v) is 3.83. The molecule has 0 aliphatic heterocycles. The van der Waals surface area contributed by atoms with Crippen LogP contribution >= 0.6 is 11.6 Å². The lowest BCUT2D eigenvalue weighted by Gasteiger charge is -2.13. The Morgan fingerprint density at radius 2 is 1.83 bits per heavy atom. The summed E-state index contributed by atoms with van der Waals surface area (Å²) in [7, 11) is 0. The number of imidazole rings is 1. The van der Waals surface area contributed by atoms with Gasteiger partial charge in [0.25, 0.3) is 0 Å². The molecule has 1 aromatic carbocycles. The van der Waals surface area contributed by atoms with E-state index in [0.717, 1.165) is 48.1 Å². The van der Waals surface area contributed by atoms with Crippen molar-refractivity contribution in [2.45, 2.75) is 51.9 Å².